The molecule has 0 bridgehead atoms. The Kier molecular flexibility index (Phi) is 4.77. The molecule has 0 aromatic heterocycles. The normalized spacial score (nSPS) is 10.1. The fraction of sp³-hybridized carbons (Fsp3) is 0. The zero-order valence-corrected chi connectivity index (χ0v) is 9.69. The first-order chi connectivity index (χ1) is 7.36. The number of halogens is 1. The van der Waals surface area contributed by atoms with Crippen molar-refractivity contribution in [1.82, 2.24) is 0 Å². The largest absolute Gasteiger partial charge is 1.00 e. The molecular formula is C14H14ClN. The molecule has 0 fully saturated rings. The number of quaternary nitrogens is 1. The number of hydrogen-bond donors (Lipinski definition) is 1. The Labute approximate surface area is 102 Å². The van der Waals surface area contributed by atoms with E-state index in [1.807, 2.05) is 36.4 Å². The SMILES string of the molecule is [Cl-].[NH3+]c1ccccc1/C=C\c1ccccc1. The van der Waals surface area contributed by atoms with E-state index in [9.17, 15) is 0 Å². The van der Waals surface area contributed by atoms with Crippen LogP contribution < -0.4 is 18.1 Å². The van der Waals surface area contributed by atoms with E-state index in [1.165, 1.54) is 11.1 Å². The Morgan fingerprint density at radius 2 is 1.38 bits per heavy atom. The molecule has 0 amide bonds. The van der Waals surface area contributed by atoms with Crippen LogP contribution in [0.4, 0.5) is 5.69 Å². The Hall–Kier alpha value is -1.57. The second kappa shape index (κ2) is 6.11. The van der Waals surface area contributed by atoms with Gasteiger partial charge in [-0.05, 0) is 23.8 Å². The Bertz CT molecular complexity index is 463. The highest BCUT2D eigenvalue weighted by molar-refractivity contribution is 5.73. The smallest absolute Gasteiger partial charge is 0.135 e. The van der Waals surface area contributed by atoms with Crippen molar-refractivity contribution < 1.29 is 18.1 Å². The van der Waals surface area contributed by atoms with E-state index in [4.69, 9.17) is 0 Å². The predicted molar refractivity (Wildman–Crippen MR) is 64.4 cm³/mol. The lowest BCUT2D eigenvalue weighted by molar-refractivity contribution is -0.255. The van der Waals surface area contributed by atoms with Gasteiger partial charge in [-0.2, -0.15) is 0 Å². The highest BCUT2D eigenvalue weighted by atomic mass is 35.5. The summed E-state index contributed by atoms with van der Waals surface area (Å²) in [5.41, 5.74) is 7.42. The summed E-state index contributed by atoms with van der Waals surface area (Å²) in [5.74, 6) is 0. The molecule has 16 heavy (non-hydrogen) atoms. The van der Waals surface area contributed by atoms with Gasteiger partial charge in [-0.3, -0.25) is 0 Å². The molecule has 0 radical (unpaired) electrons. The Balaban J connectivity index is 0.00000128. The van der Waals surface area contributed by atoms with Crippen LogP contribution in [0.1, 0.15) is 11.1 Å². The fourth-order valence-electron chi connectivity index (χ4n) is 1.45. The third-order valence-electron chi connectivity index (χ3n) is 2.31. The summed E-state index contributed by atoms with van der Waals surface area (Å²) in [6.07, 6.45) is 4.20. The van der Waals surface area contributed by atoms with Gasteiger partial charge >= 0.3 is 0 Å². The summed E-state index contributed by atoms with van der Waals surface area (Å²) in [6.45, 7) is 0. The molecule has 3 N–H and O–H groups in total. The minimum absolute atomic E-state index is 0. The van der Waals surface area contributed by atoms with Gasteiger partial charge in [0.25, 0.3) is 0 Å². The quantitative estimate of drug-likeness (QED) is 0.690. The molecule has 82 valence electrons. The molecular weight excluding hydrogens is 218 g/mol. The van der Waals surface area contributed by atoms with Crippen LogP contribution in [0.25, 0.3) is 12.2 Å². The van der Waals surface area contributed by atoms with Crippen LogP contribution in [0.3, 0.4) is 0 Å². The van der Waals surface area contributed by atoms with E-state index >= 15 is 0 Å². The van der Waals surface area contributed by atoms with Crippen LogP contribution in [0.15, 0.2) is 54.6 Å². The zero-order chi connectivity index (χ0) is 10.5. The van der Waals surface area contributed by atoms with Crippen molar-refractivity contribution in [2.24, 2.45) is 0 Å². The summed E-state index contributed by atoms with van der Waals surface area (Å²) in [6, 6.07) is 18.4. The van der Waals surface area contributed by atoms with Crippen LogP contribution in [0, 0.1) is 0 Å². The average Bonchev–Trinajstić information content (AvgIpc) is 2.29. The molecule has 0 saturated heterocycles. The van der Waals surface area contributed by atoms with Crippen molar-refractivity contribution in [3.05, 3.63) is 65.7 Å². The van der Waals surface area contributed by atoms with Crippen LogP contribution in [0.2, 0.25) is 0 Å². The molecule has 2 aromatic rings. The van der Waals surface area contributed by atoms with Crippen LogP contribution in [-0.2, 0) is 0 Å². The van der Waals surface area contributed by atoms with E-state index in [2.05, 4.69) is 36.1 Å². The maximum Gasteiger partial charge on any atom is 0.135 e. The maximum atomic E-state index is 3.98. The third-order valence-corrected chi connectivity index (χ3v) is 2.31. The number of benzene rings is 2. The summed E-state index contributed by atoms with van der Waals surface area (Å²) >= 11 is 0. The van der Waals surface area contributed by atoms with Crippen molar-refractivity contribution in [2.75, 3.05) is 0 Å². The van der Waals surface area contributed by atoms with Gasteiger partial charge in [-0.1, -0.05) is 48.5 Å². The second-order valence-electron chi connectivity index (χ2n) is 3.44. The van der Waals surface area contributed by atoms with Gasteiger partial charge in [-0.25, -0.2) is 0 Å². The molecule has 0 saturated carbocycles. The van der Waals surface area contributed by atoms with Gasteiger partial charge in [0.1, 0.15) is 5.69 Å². The lowest BCUT2D eigenvalue weighted by atomic mass is 10.1. The highest BCUT2D eigenvalue weighted by Crippen LogP contribution is 2.12. The van der Waals surface area contributed by atoms with Gasteiger partial charge in [0, 0.05) is 5.56 Å². The van der Waals surface area contributed by atoms with Crippen molar-refractivity contribution >= 4 is 17.8 Å². The highest BCUT2D eigenvalue weighted by Gasteiger charge is 1.94. The van der Waals surface area contributed by atoms with Crippen LogP contribution in [-0.4, -0.2) is 0 Å². The number of rotatable bonds is 2. The minimum Gasteiger partial charge on any atom is -1.00 e. The summed E-state index contributed by atoms with van der Waals surface area (Å²) in [5, 5.41) is 0. The number of hydrogen-bond acceptors (Lipinski definition) is 0. The van der Waals surface area contributed by atoms with E-state index in [-0.39, 0.29) is 12.4 Å². The molecule has 2 aromatic carbocycles. The third kappa shape index (κ3) is 3.23. The van der Waals surface area contributed by atoms with Gasteiger partial charge < -0.3 is 18.1 Å². The van der Waals surface area contributed by atoms with Gasteiger partial charge in [0.15, 0.2) is 0 Å². The second-order valence-corrected chi connectivity index (χ2v) is 3.44. The molecule has 0 unspecified atom stereocenters. The van der Waals surface area contributed by atoms with E-state index in [1.54, 1.807) is 0 Å². The summed E-state index contributed by atoms with van der Waals surface area (Å²) < 4.78 is 0. The van der Waals surface area contributed by atoms with E-state index < -0.39 is 0 Å². The van der Waals surface area contributed by atoms with E-state index in [0.29, 0.717) is 0 Å². The Morgan fingerprint density at radius 3 is 2.06 bits per heavy atom. The fourth-order valence-corrected chi connectivity index (χ4v) is 1.45. The molecule has 2 rings (SSSR count). The molecule has 0 spiro atoms. The Morgan fingerprint density at radius 1 is 0.750 bits per heavy atom. The first-order valence-electron chi connectivity index (χ1n) is 5.00. The first-order valence-corrected chi connectivity index (χ1v) is 5.00. The topological polar surface area (TPSA) is 27.6 Å². The van der Waals surface area contributed by atoms with Gasteiger partial charge in [-0.15, -0.1) is 0 Å². The lowest BCUT2D eigenvalue weighted by Crippen LogP contribution is -3.00. The van der Waals surface area contributed by atoms with Crippen molar-refractivity contribution in [3.63, 3.8) is 0 Å². The van der Waals surface area contributed by atoms with Crippen molar-refractivity contribution in [2.45, 2.75) is 0 Å². The van der Waals surface area contributed by atoms with E-state index in [0.717, 1.165) is 5.69 Å². The van der Waals surface area contributed by atoms with Gasteiger partial charge in [0.2, 0.25) is 0 Å². The molecule has 0 aliphatic rings. The zero-order valence-electron chi connectivity index (χ0n) is 8.94. The van der Waals surface area contributed by atoms with Crippen molar-refractivity contribution in [1.29, 1.82) is 0 Å². The summed E-state index contributed by atoms with van der Waals surface area (Å²) in [7, 11) is 0. The summed E-state index contributed by atoms with van der Waals surface area (Å²) in [4.78, 5) is 0. The maximum absolute atomic E-state index is 3.98. The average molecular weight is 232 g/mol. The predicted octanol–water partition coefficient (Wildman–Crippen LogP) is -0.266. The minimum atomic E-state index is 0. The van der Waals surface area contributed by atoms with Crippen molar-refractivity contribution in [3.8, 4) is 0 Å². The molecule has 0 heterocycles. The van der Waals surface area contributed by atoms with Crippen LogP contribution in [0.5, 0.6) is 0 Å². The molecule has 0 aliphatic heterocycles. The molecule has 1 nitrogen and oxygen atoms in total. The monoisotopic (exact) mass is 231 g/mol. The first kappa shape index (κ1) is 12.5. The standard InChI is InChI=1S/C14H13N.ClH/c15-14-9-5-4-8-13(14)11-10-12-6-2-1-3-7-12;/h1-11H,15H2;1H/b11-10-;. The van der Waals surface area contributed by atoms with Gasteiger partial charge in [0.05, 0.1) is 0 Å². The van der Waals surface area contributed by atoms with Crippen LogP contribution >= 0.6 is 0 Å². The lowest BCUT2D eigenvalue weighted by Gasteiger charge is -1.95. The molecule has 0 aliphatic carbocycles. The molecule has 0 atom stereocenters. The molecule has 2 heteroatoms.